The number of benzene rings is 3. The fourth-order valence-electron chi connectivity index (χ4n) is 3.27. The molecule has 9 heteroatoms. The minimum atomic E-state index is -0.537. The molecule has 3 aromatic rings. The Morgan fingerprint density at radius 3 is 2.32 bits per heavy atom. The lowest BCUT2D eigenvalue weighted by Gasteiger charge is -2.11. The Balaban J connectivity index is 1.57. The molecule has 3 aromatic carbocycles. The van der Waals surface area contributed by atoms with Gasteiger partial charge in [-0.3, -0.25) is 9.59 Å². The number of esters is 1. The van der Waals surface area contributed by atoms with E-state index in [1.165, 1.54) is 6.21 Å². The third kappa shape index (κ3) is 7.93. The lowest BCUT2D eigenvalue weighted by molar-refractivity contribution is -0.120. The zero-order valence-electron chi connectivity index (χ0n) is 20.9. The van der Waals surface area contributed by atoms with Gasteiger partial charge in [-0.15, -0.1) is 0 Å². The normalized spacial score (nSPS) is 10.6. The number of carbonyl (C=O) groups excluding carboxylic acids is 3. The molecule has 2 amide bonds. The fourth-order valence-corrected chi connectivity index (χ4v) is 3.27. The number of hydrogen-bond acceptors (Lipinski definition) is 7. The first kappa shape index (κ1) is 26.9. The molecule has 2 N–H and O–H groups in total. The van der Waals surface area contributed by atoms with Gasteiger partial charge in [-0.1, -0.05) is 18.2 Å². The number of aryl methyl sites for hydroxylation is 1. The van der Waals surface area contributed by atoms with E-state index in [1.807, 2.05) is 32.9 Å². The molecule has 0 saturated heterocycles. The second-order valence-electron chi connectivity index (χ2n) is 7.78. The van der Waals surface area contributed by atoms with E-state index in [0.717, 1.165) is 5.56 Å². The molecule has 0 spiro atoms. The summed E-state index contributed by atoms with van der Waals surface area (Å²) in [7, 11) is 0. The van der Waals surface area contributed by atoms with Crippen LogP contribution in [0.2, 0.25) is 0 Å². The van der Waals surface area contributed by atoms with E-state index in [2.05, 4.69) is 15.8 Å². The van der Waals surface area contributed by atoms with Gasteiger partial charge >= 0.3 is 5.97 Å². The topological polar surface area (TPSA) is 115 Å². The molecule has 192 valence electrons. The largest absolute Gasteiger partial charge is 0.494 e. The second kappa shape index (κ2) is 13.4. The Kier molecular flexibility index (Phi) is 9.78. The molecule has 0 bridgehead atoms. The molecule has 0 radical (unpaired) electrons. The van der Waals surface area contributed by atoms with Crippen molar-refractivity contribution in [2.75, 3.05) is 19.8 Å². The van der Waals surface area contributed by atoms with Crippen LogP contribution in [0.25, 0.3) is 0 Å². The summed E-state index contributed by atoms with van der Waals surface area (Å²) >= 11 is 0. The van der Waals surface area contributed by atoms with Crippen LogP contribution in [0.15, 0.2) is 71.8 Å². The first-order valence-electron chi connectivity index (χ1n) is 11.8. The average molecular weight is 504 g/mol. The van der Waals surface area contributed by atoms with E-state index in [0.29, 0.717) is 41.4 Å². The van der Waals surface area contributed by atoms with Crippen molar-refractivity contribution in [2.45, 2.75) is 20.8 Å². The molecule has 9 nitrogen and oxygen atoms in total. The summed E-state index contributed by atoms with van der Waals surface area (Å²) in [4.78, 5) is 36.8. The summed E-state index contributed by atoms with van der Waals surface area (Å²) in [5, 5.41) is 6.48. The van der Waals surface area contributed by atoms with Gasteiger partial charge < -0.3 is 19.5 Å². The first-order valence-corrected chi connectivity index (χ1v) is 11.8. The number of ether oxygens (including phenoxy) is 3. The van der Waals surface area contributed by atoms with Gasteiger partial charge in [0.25, 0.3) is 11.8 Å². The van der Waals surface area contributed by atoms with E-state index < -0.39 is 11.9 Å². The van der Waals surface area contributed by atoms with Crippen molar-refractivity contribution < 1.29 is 28.6 Å². The Hall–Kier alpha value is -4.66. The molecule has 0 atom stereocenters. The predicted octanol–water partition coefficient (Wildman–Crippen LogP) is 3.89. The third-order valence-corrected chi connectivity index (χ3v) is 5.07. The third-order valence-electron chi connectivity index (χ3n) is 5.07. The number of amides is 2. The molecular weight excluding hydrogens is 474 g/mol. The van der Waals surface area contributed by atoms with E-state index in [9.17, 15) is 14.4 Å². The highest BCUT2D eigenvalue weighted by molar-refractivity contribution is 5.97. The lowest BCUT2D eigenvalue weighted by atomic mass is 10.1. The van der Waals surface area contributed by atoms with Crippen molar-refractivity contribution in [1.29, 1.82) is 0 Å². The highest BCUT2D eigenvalue weighted by atomic mass is 16.6. The maximum Gasteiger partial charge on any atom is 0.343 e. The van der Waals surface area contributed by atoms with Crippen LogP contribution in [-0.4, -0.2) is 43.8 Å². The van der Waals surface area contributed by atoms with Crippen molar-refractivity contribution in [2.24, 2.45) is 5.10 Å². The molecule has 3 rings (SSSR count). The number of nitrogens with zero attached hydrogens (tertiary/aromatic N) is 1. The smallest absolute Gasteiger partial charge is 0.343 e. The minimum absolute atomic E-state index is 0.227. The molecule has 0 heterocycles. The van der Waals surface area contributed by atoms with Gasteiger partial charge in [0.2, 0.25) is 0 Å². The van der Waals surface area contributed by atoms with Crippen LogP contribution in [0.5, 0.6) is 17.2 Å². The summed E-state index contributed by atoms with van der Waals surface area (Å²) in [5.41, 5.74) is 4.66. The first-order chi connectivity index (χ1) is 17.9. The second-order valence-corrected chi connectivity index (χ2v) is 7.78. The van der Waals surface area contributed by atoms with E-state index in [4.69, 9.17) is 14.2 Å². The predicted molar refractivity (Wildman–Crippen MR) is 139 cm³/mol. The Morgan fingerprint density at radius 1 is 0.892 bits per heavy atom. The Labute approximate surface area is 215 Å². The van der Waals surface area contributed by atoms with Gasteiger partial charge in [-0.2, -0.15) is 5.10 Å². The van der Waals surface area contributed by atoms with Gasteiger partial charge in [0.1, 0.15) is 5.75 Å². The highest BCUT2D eigenvalue weighted by Crippen LogP contribution is 2.29. The monoisotopic (exact) mass is 503 g/mol. The van der Waals surface area contributed by atoms with Gasteiger partial charge in [0.15, 0.2) is 11.5 Å². The molecule has 0 aliphatic rings. The molecule has 0 saturated carbocycles. The van der Waals surface area contributed by atoms with E-state index in [1.54, 1.807) is 54.6 Å². The highest BCUT2D eigenvalue weighted by Gasteiger charge is 2.14. The van der Waals surface area contributed by atoms with Gasteiger partial charge in [-0.25, -0.2) is 10.2 Å². The quantitative estimate of drug-likeness (QED) is 0.178. The van der Waals surface area contributed by atoms with E-state index >= 15 is 0 Å². The van der Waals surface area contributed by atoms with Crippen LogP contribution in [-0.2, 0) is 4.79 Å². The lowest BCUT2D eigenvalue weighted by Crippen LogP contribution is -2.35. The number of nitrogens with one attached hydrogen (secondary N) is 2. The van der Waals surface area contributed by atoms with Crippen LogP contribution in [0.4, 0.5) is 0 Å². The average Bonchev–Trinajstić information content (AvgIpc) is 2.89. The van der Waals surface area contributed by atoms with E-state index in [-0.39, 0.29) is 18.2 Å². The van der Waals surface area contributed by atoms with Crippen LogP contribution in [0.1, 0.15) is 45.7 Å². The SMILES string of the molecule is CCOc1ccc(C(=O)Oc2ccc(C=NNC(=O)CNC(=O)c3ccccc3C)cc2OCC)cc1. The number of rotatable bonds is 11. The van der Waals surface area contributed by atoms with Crippen molar-refractivity contribution in [3.05, 3.63) is 89.0 Å². The van der Waals surface area contributed by atoms with Crippen molar-refractivity contribution in [3.8, 4) is 17.2 Å². The fraction of sp³-hybridized carbons (Fsp3) is 0.214. The Morgan fingerprint density at radius 2 is 1.62 bits per heavy atom. The van der Waals surface area contributed by atoms with Crippen LogP contribution < -0.4 is 25.0 Å². The van der Waals surface area contributed by atoms with Crippen molar-refractivity contribution in [1.82, 2.24) is 10.7 Å². The molecule has 37 heavy (non-hydrogen) atoms. The number of hydrogen-bond donors (Lipinski definition) is 2. The summed E-state index contributed by atoms with van der Waals surface area (Å²) in [6, 6.07) is 18.6. The molecule has 0 aromatic heterocycles. The summed E-state index contributed by atoms with van der Waals surface area (Å²) in [6.07, 6.45) is 1.42. The van der Waals surface area contributed by atoms with Gasteiger partial charge in [-0.05, 0) is 80.4 Å². The molecular formula is C28H29N3O6. The van der Waals surface area contributed by atoms with Crippen LogP contribution in [0, 0.1) is 6.92 Å². The maximum atomic E-state index is 12.6. The Bertz CT molecular complexity index is 1270. The van der Waals surface area contributed by atoms with Gasteiger partial charge in [0, 0.05) is 5.56 Å². The van der Waals surface area contributed by atoms with Crippen LogP contribution >= 0.6 is 0 Å². The zero-order chi connectivity index (χ0) is 26.6. The molecule has 0 aliphatic carbocycles. The molecule has 0 fully saturated rings. The summed E-state index contributed by atoms with van der Waals surface area (Å²) < 4.78 is 16.5. The maximum absolute atomic E-state index is 12.6. The standard InChI is InChI=1S/C28H29N3O6/c1-4-35-22-13-11-21(12-14-22)28(34)37-24-15-10-20(16-25(24)36-5-2)17-30-31-26(32)18-29-27(33)23-9-7-6-8-19(23)3/h6-17H,4-5,18H2,1-3H3,(H,29,33)(H,31,32). The van der Waals surface area contributed by atoms with Crippen molar-refractivity contribution in [3.63, 3.8) is 0 Å². The summed E-state index contributed by atoms with van der Waals surface area (Å²) in [5.74, 6) is -0.0923. The zero-order valence-corrected chi connectivity index (χ0v) is 20.9. The number of hydrazone groups is 1. The minimum Gasteiger partial charge on any atom is -0.494 e. The summed E-state index contributed by atoms with van der Waals surface area (Å²) in [6.45, 7) is 6.17. The van der Waals surface area contributed by atoms with Crippen LogP contribution in [0.3, 0.4) is 0 Å². The van der Waals surface area contributed by atoms with Gasteiger partial charge in [0.05, 0.1) is 31.5 Å². The molecule has 0 aliphatic heterocycles. The molecule has 0 unspecified atom stereocenters. The number of carbonyl (C=O) groups is 3. The van der Waals surface area contributed by atoms with Crippen molar-refractivity contribution >= 4 is 24.0 Å².